The summed E-state index contributed by atoms with van der Waals surface area (Å²) in [5, 5.41) is 3.04. The van der Waals surface area contributed by atoms with Crippen LogP contribution in [0.3, 0.4) is 0 Å². The first-order valence-electron chi connectivity index (χ1n) is 11.0. The van der Waals surface area contributed by atoms with Gasteiger partial charge in [0.15, 0.2) is 0 Å². The van der Waals surface area contributed by atoms with Gasteiger partial charge < -0.3 is 10.1 Å². The summed E-state index contributed by atoms with van der Waals surface area (Å²) in [7, 11) is -2.01. The molecule has 6 nitrogen and oxygen atoms in total. The molecule has 0 unspecified atom stereocenters. The average molecular weight is 461 g/mol. The van der Waals surface area contributed by atoms with E-state index in [0.29, 0.717) is 12.1 Å². The van der Waals surface area contributed by atoms with E-state index in [4.69, 9.17) is 4.74 Å². The molecule has 2 aromatic carbocycles. The highest BCUT2D eigenvalue weighted by molar-refractivity contribution is 7.92. The number of benzene rings is 2. The van der Waals surface area contributed by atoms with Gasteiger partial charge in [-0.2, -0.15) is 0 Å². The summed E-state index contributed by atoms with van der Waals surface area (Å²) < 4.78 is 32.0. The molecule has 0 fully saturated rings. The number of hydrogen-bond donors (Lipinski definition) is 1. The van der Waals surface area contributed by atoms with Crippen LogP contribution in [-0.2, 0) is 14.8 Å². The summed E-state index contributed by atoms with van der Waals surface area (Å²) in [5.41, 5.74) is 4.56. The Morgan fingerprint density at radius 1 is 1.06 bits per heavy atom. The van der Waals surface area contributed by atoms with E-state index in [1.165, 1.54) is 4.31 Å². The molecule has 176 valence electrons. The van der Waals surface area contributed by atoms with Crippen molar-refractivity contribution in [2.45, 2.75) is 66.0 Å². The van der Waals surface area contributed by atoms with Crippen molar-refractivity contribution in [1.29, 1.82) is 0 Å². The summed E-state index contributed by atoms with van der Waals surface area (Å²) in [6.07, 6.45) is 1.48. The van der Waals surface area contributed by atoms with E-state index in [9.17, 15) is 13.2 Å². The van der Waals surface area contributed by atoms with Crippen molar-refractivity contribution in [2.24, 2.45) is 0 Å². The molecule has 0 aliphatic rings. The van der Waals surface area contributed by atoms with Crippen LogP contribution < -0.4 is 14.4 Å². The Bertz CT molecular complexity index is 1050. The van der Waals surface area contributed by atoms with Crippen LogP contribution in [0.5, 0.6) is 5.75 Å². The van der Waals surface area contributed by atoms with Gasteiger partial charge >= 0.3 is 0 Å². The number of anilines is 1. The van der Waals surface area contributed by atoms with E-state index in [1.54, 1.807) is 19.2 Å². The predicted octanol–water partition coefficient (Wildman–Crippen LogP) is 4.86. The second-order valence-electron chi connectivity index (χ2n) is 8.65. The van der Waals surface area contributed by atoms with Crippen LogP contribution in [0.1, 0.15) is 68.3 Å². The fourth-order valence-corrected chi connectivity index (χ4v) is 5.16. The van der Waals surface area contributed by atoms with Crippen molar-refractivity contribution in [1.82, 2.24) is 5.32 Å². The lowest BCUT2D eigenvalue weighted by molar-refractivity contribution is -0.122. The zero-order valence-electron chi connectivity index (χ0n) is 20.4. The zero-order chi connectivity index (χ0) is 24.2. The number of rotatable bonds is 9. The molecule has 0 aliphatic heterocycles. The molecule has 0 aliphatic carbocycles. The van der Waals surface area contributed by atoms with Crippen molar-refractivity contribution < 1.29 is 17.9 Å². The molecular weight excluding hydrogens is 424 g/mol. The number of hydrogen-bond acceptors (Lipinski definition) is 4. The van der Waals surface area contributed by atoms with E-state index < -0.39 is 16.1 Å². The Morgan fingerprint density at radius 2 is 1.66 bits per heavy atom. The van der Waals surface area contributed by atoms with Crippen LogP contribution in [0, 0.1) is 13.8 Å². The van der Waals surface area contributed by atoms with Gasteiger partial charge in [0.25, 0.3) is 0 Å². The maximum Gasteiger partial charge on any atom is 0.244 e. The summed E-state index contributed by atoms with van der Waals surface area (Å²) in [6.45, 7) is 11.8. The Morgan fingerprint density at radius 3 is 2.12 bits per heavy atom. The second kappa shape index (κ2) is 10.4. The number of carbonyl (C=O) groups excluding carboxylic acids is 1. The number of carbonyl (C=O) groups is 1. The third kappa shape index (κ3) is 5.82. The van der Waals surface area contributed by atoms with Gasteiger partial charge in [-0.05, 0) is 74.1 Å². The average Bonchev–Trinajstić information content (AvgIpc) is 2.71. The van der Waals surface area contributed by atoms with Gasteiger partial charge in [-0.25, -0.2) is 8.42 Å². The molecule has 1 N–H and O–H groups in total. The van der Waals surface area contributed by atoms with Crippen molar-refractivity contribution in [2.75, 3.05) is 17.7 Å². The monoisotopic (exact) mass is 460 g/mol. The minimum absolute atomic E-state index is 0.262. The molecule has 32 heavy (non-hydrogen) atoms. The fraction of sp³-hybridized carbons (Fsp3) is 0.480. The van der Waals surface area contributed by atoms with Crippen LogP contribution in [0.4, 0.5) is 5.69 Å². The first kappa shape index (κ1) is 25.7. The second-order valence-corrected chi connectivity index (χ2v) is 10.5. The van der Waals surface area contributed by atoms with E-state index in [1.807, 2.05) is 45.9 Å². The zero-order valence-corrected chi connectivity index (χ0v) is 21.2. The molecule has 0 aromatic heterocycles. The number of nitrogens with one attached hydrogen (secondary N) is 1. The van der Waals surface area contributed by atoms with Gasteiger partial charge in [0.1, 0.15) is 11.8 Å². The number of sulfonamides is 1. The molecule has 0 saturated carbocycles. The number of methoxy groups -OCH3 is 1. The third-order valence-electron chi connectivity index (χ3n) is 5.68. The molecule has 2 aromatic rings. The maximum absolute atomic E-state index is 13.3. The first-order valence-corrected chi connectivity index (χ1v) is 12.8. The van der Waals surface area contributed by atoms with Crippen LogP contribution in [0.15, 0.2) is 36.4 Å². The van der Waals surface area contributed by atoms with Crippen LogP contribution in [0.25, 0.3) is 0 Å². The van der Waals surface area contributed by atoms with Gasteiger partial charge in [0, 0.05) is 0 Å². The fourth-order valence-electron chi connectivity index (χ4n) is 3.95. The SMILES string of the molecule is CC[C@H](C(=O)N[C@@H](C)c1cc(C(C)C)c(OC)cc1C)N(c1ccc(C)cc1)S(C)(=O)=O. The largest absolute Gasteiger partial charge is 0.496 e. The van der Waals surface area contributed by atoms with Crippen molar-refractivity contribution in [3.05, 3.63) is 58.7 Å². The van der Waals surface area contributed by atoms with Gasteiger partial charge in [-0.15, -0.1) is 0 Å². The molecule has 0 saturated heterocycles. The number of ether oxygens (including phenoxy) is 1. The quantitative estimate of drug-likeness (QED) is 0.580. The van der Waals surface area contributed by atoms with Gasteiger partial charge in [-0.3, -0.25) is 9.10 Å². The molecule has 2 rings (SSSR count). The molecule has 0 bridgehead atoms. The third-order valence-corrected chi connectivity index (χ3v) is 6.86. The number of nitrogens with zero attached hydrogens (tertiary/aromatic N) is 1. The van der Waals surface area contributed by atoms with Crippen LogP contribution >= 0.6 is 0 Å². The summed E-state index contributed by atoms with van der Waals surface area (Å²) in [5.74, 6) is 0.763. The molecule has 0 heterocycles. The minimum Gasteiger partial charge on any atom is -0.496 e. The van der Waals surface area contributed by atoms with Gasteiger partial charge in [0.05, 0.1) is 25.1 Å². The van der Waals surface area contributed by atoms with Gasteiger partial charge in [0.2, 0.25) is 15.9 Å². The Hall–Kier alpha value is -2.54. The van der Waals surface area contributed by atoms with Crippen molar-refractivity contribution in [3.63, 3.8) is 0 Å². The van der Waals surface area contributed by atoms with Crippen LogP contribution in [0.2, 0.25) is 0 Å². The van der Waals surface area contributed by atoms with E-state index in [0.717, 1.165) is 34.3 Å². The molecule has 7 heteroatoms. The lowest BCUT2D eigenvalue weighted by Gasteiger charge is -2.31. The number of aryl methyl sites for hydroxylation is 2. The molecule has 1 amide bonds. The number of amides is 1. The molecular formula is C25H36N2O4S. The van der Waals surface area contributed by atoms with Crippen molar-refractivity contribution in [3.8, 4) is 5.75 Å². The van der Waals surface area contributed by atoms with Crippen LogP contribution in [-0.4, -0.2) is 33.7 Å². The maximum atomic E-state index is 13.3. The highest BCUT2D eigenvalue weighted by atomic mass is 32.2. The van der Waals surface area contributed by atoms with E-state index in [2.05, 4.69) is 25.2 Å². The Labute approximate surface area is 193 Å². The van der Waals surface area contributed by atoms with E-state index >= 15 is 0 Å². The first-order chi connectivity index (χ1) is 14.9. The normalized spacial score (nSPS) is 13.5. The summed E-state index contributed by atoms with van der Waals surface area (Å²) >= 11 is 0. The summed E-state index contributed by atoms with van der Waals surface area (Å²) in [6, 6.07) is 10.1. The summed E-state index contributed by atoms with van der Waals surface area (Å²) in [4.78, 5) is 13.3. The highest BCUT2D eigenvalue weighted by Crippen LogP contribution is 2.32. The van der Waals surface area contributed by atoms with E-state index in [-0.39, 0.29) is 17.9 Å². The topological polar surface area (TPSA) is 75.7 Å². The Kier molecular flexibility index (Phi) is 8.35. The minimum atomic E-state index is -3.67. The molecule has 0 spiro atoms. The van der Waals surface area contributed by atoms with Crippen molar-refractivity contribution >= 4 is 21.6 Å². The standard InChI is InChI=1S/C25H36N2O4S/c1-9-23(27(32(8,29)30)20-12-10-17(4)11-13-20)25(28)26-19(6)22-15-21(16(2)3)24(31-7)14-18(22)5/h10-16,19,23H,9H2,1-8H3,(H,26,28)/t19-,23+/m0/s1. The van der Waals surface area contributed by atoms with Gasteiger partial charge in [-0.1, -0.05) is 38.5 Å². The molecule has 0 radical (unpaired) electrons. The smallest absolute Gasteiger partial charge is 0.244 e. The Balaban J connectivity index is 2.38. The highest BCUT2D eigenvalue weighted by Gasteiger charge is 2.32. The predicted molar refractivity (Wildman–Crippen MR) is 131 cm³/mol. The molecule has 2 atom stereocenters. The lowest BCUT2D eigenvalue weighted by atomic mass is 9.93. The lowest BCUT2D eigenvalue weighted by Crippen LogP contribution is -2.49.